The van der Waals surface area contributed by atoms with Crippen LogP contribution in [0.4, 0.5) is 0 Å². The summed E-state index contributed by atoms with van der Waals surface area (Å²) in [6.45, 7) is 0.654. The molecule has 0 aliphatic heterocycles. The van der Waals surface area contributed by atoms with Gasteiger partial charge in [-0.15, -0.1) is 0 Å². The van der Waals surface area contributed by atoms with Gasteiger partial charge in [0.1, 0.15) is 5.65 Å². The van der Waals surface area contributed by atoms with Crippen LogP contribution in [0.2, 0.25) is 5.28 Å². The standard InChI is InChI=1S/C18H14ClN5O6/c19-18-20-6-10-4-12(23(15(10)22-18)7-8-1-2-8)16-21-11-3-9(17(25)30-28)5-13(29-27)14(11)24(16)26/h3-6,8,26-28H,1-2,7H2. The van der Waals surface area contributed by atoms with Crippen LogP contribution in [0.15, 0.2) is 24.4 Å². The van der Waals surface area contributed by atoms with E-state index in [4.69, 9.17) is 16.9 Å². The Morgan fingerprint density at radius 3 is 2.73 bits per heavy atom. The van der Waals surface area contributed by atoms with Crippen LogP contribution >= 0.6 is 11.6 Å². The molecule has 30 heavy (non-hydrogen) atoms. The highest BCUT2D eigenvalue weighted by Crippen LogP contribution is 2.37. The highest BCUT2D eigenvalue weighted by atomic mass is 35.5. The molecule has 0 spiro atoms. The van der Waals surface area contributed by atoms with Crippen LogP contribution < -0.4 is 4.89 Å². The lowest BCUT2D eigenvalue weighted by atomic mass is 10.2. The van der Waals surface area contributed by atoms with Crippen LogP contribution in [0.1, 0.15) is 23.2 Å². The first-order chi connectivity index (χ1) is 14.5. The van der Waals surface area contributed by atoms with E-state index in [9.17, 15) is 15.3 Å². The predicted molar refractivity (Wildman–Crippen MR) is 102 cm³/mol. The van der Waals surface area contributed by atoms with Gasteiger partial charge in [-0.05, 0) is 42.5 Å². The van der Waals surface area contributed by atoms with E-state index in [2.05, 4.69) is 24.7 Å². The summed E-state index contributed by atoms with van der Waals surface area (Å²) < 4.78 is 2.65. The highest BCUT2D eigenvalue weighted by molar-refractivity contribution is 6.28. The number of rotatable bonds is 5. The van der Waals surface area contributed by atoms with E-state index in [0.717, 1.165) is 23.6 Å². The van der Waals surface area contributed by atoms with Gasteiger partial charge in [0.25, 0.3) is 0 Å². The average molecular weight is 432 g/mol. The van der Waals surface area contributed by atoms with Gasteiger partial charge in [-0.2, -0.15) is 15.0 Å². The van der Waals surface area contributed by atoms with Crippen molar-refractivity contribution in [1.29, 1.82) is 0 Å². The third-order valence-electron chi connectivity index (χ3n) is 5.08. The predicted octanol–water partition coefficient (Wildman–Crippen LogP) is 3.23. The smallest absolute Gasteiger partial charge is 0.373 e. The van der Waals surface area contributed by atoms with Crippen molar-refractivity contribution < 1.29 is 30.3 Å². The first kappa shape index (κ1) is 18.6. The van der Waals surface area contributed by atoms with E-state index in [0.29, 0.717) is 29.2 Å². The van der Waals surface area contributed by atoms with E-state index < -0.39 is 5.97 Å². The van der Waals surface area contributed by atoms with Crippen molar-refractivity contribution in [1.82, 2.24) is 24.2 Å². The summed E-state index contributed by atoms with van der Waals surface area (Å²) >= 11 is 5.98. The van der Waals surface area contributed by atoms with Crippen molar-refractivity contribution in [2.75, 3.05) is 0 Å². The van der Waals surface area contributed by atoms with Gasteiger partial charge in [0.05, 0.1) is 16.8 Å². The van der Waals surface area contributed by atoms with Crippen LogP contribution in [-0.4, -0.2) is 45.9 Å². The van der Waals surface area contributed by atoms with E-state index in [1.807, 2.05) is 4.57 Å². The van der Waals surface area contributed by atoms with E-state index in [1.165, 1.54) is 6.07 Å². The van der Waals surface area contributed by atoms with Gasteiger partial charge in [-0.25, -0.2) is 20.0 Å². The molecular weight excluding hydrogens is 418 g/mol. The zero-order chi connectivity index (χ0) is 21.0. The second-order valence-corrected chi connectivity index (χ2v) is 7.40. The number of imidazole rings is 1. The van der Waals surface area contributed by atoms with Gasteiger partial charge in [-0.3, -0.25) is 4.89 Å². The summed E-state index contributed by atoms with van der Waals surface area (Å²) in [6, 6.07) is 4.16. The highest BCUT2D eigenvalue weighted by Gasteiger charge is 2.28. The monoisotopic (exact) mass is 431 g/mol. The minimum absolute atomic E-state index is 0.0225. The molecule has 1 aliphatic rings. The summed E-state index contributed by atoms with van der Waals surface area (Å²) in [6.07, 6.45) is 3.75. The fourth-order valence-corrected chi connectivity index (χ4v) is 3.64. The number of fused-ring (bicyclic) bond motifs is 2. The van der Waals surface area contributed by atoms with Gasteiger partial charge in [0, 0.05) is 24.2 Å². The topological polar surface area (TPSA) is 145 Å². The molecule has 3 aromatic heterocycles. The number of nitrogens with zero attached hydrogens (tertiary/aromatic N) is 5. The van der Waals surface area contributed by atoms with Crippen molar-refractivity contribution in [3.05, 3.63) is 35.2 Å². The Bertz CT molecular complexity index is 1310. The number of halogens is 1. The maximum absolute atomic E-state index is 11.7. The summed E-state index contributed by atoms with van der Waals surface area (Å²) in [5.41, 5.74) is 1.17. The fourth-order valence-electron chi connectivity index (χ4n) is 3.51. The molecule has 0 saturated heterocycles. The Morgan fingerprint density at radius 1 is 1.23 bits per heavy atom. The molecule has 0 unspecified atom stereocenters. The van der Waals surface area contributed by atoms with Crippen molar-refractivity contribution in [2.24, 2.45) is 5.92 Å². The molecule has 1 saturated carbocycles. The normalized spacial score (nSPS) is 13.8. The third kappa shape index (κ3) is 2.91. The largest absolute Gasteiger partial charge is 0.426 e. The van der Waals surface area contributed by atoms with Crippen molar-refractivity contribution in [3.8, 4) is 17.3 Å². The first-order valence-electron chi connectivity index (χ1n) is 8.95. The number of hydrogen-bond acceptors (Lipinski definition) is 9. The van der Waals surface area contributed by atoms with Crippen molar-refractivity contribution in [2.45, 2.75) is 19.4 Å². The average Bonchev–Trinajstić information content (AvgIpc) is 3.42. The Balaban J connectivity index is 1.76. The third-order valence-corrected chi connectivity index (χ3v) is 5.26. The Labute approximate surface area is 172 Å². The zero-order valence-electron chi connectivity index (χ0n) is 15.2. The molecule has 1 aromatic carbocycles. The minimum Gasteiger partial charge on any atom is -0.426 e. The molecular formula is C18H14ClN5O6. The molecule has 4 aromatic rings. The fraction of sp³-hybridized carbons (Fsp3) is 0.222. The Kier molecular flexibility index (Phi) is 4.24. The lowest BCUT2D eigenvalue weighted by Gasteiger charge is -2.09. The molecule has 3 N–H and O–H groups in total. The van der Waals surface area contributed by atoms with Gasteiger partial charge in [0.2, 0.25) is 5.28 Å². The first-order valence-corrected chi connectivity index (χ1v) is 9.33. The van der Waals surface area contributed by atoms with Crippen LogP contribution in [0.25, 0.3) is 33.6 Å². The zero-order valence-corrected chi connectivity index (χ0v) is 15.9. The molecule has 0 atom stereocenters. The van der Waals surface area contributed by atoms with Gasteiger partial charge in [0.15, 0.2) is 17.1 Å². The second-order valence-electron chi connectivity index (χ2n) is 7.06. The molecule has 1 aliphatic carbocycles. The summed E-state index contributed by atoms with van der Waals surface area (Å²) in [7, 11) is 0. The van der Waals surface area contributed by atoms with Crippen LogP contribution in [0.3, 0.4) is 0 Å². The van der Waals surface area contributed by atoms with Crippen LogP contribution in [0.5, 0.6) is 5.75 Å². The van der Waals surface area contributed by atoms with Gasteiger partial charge < -0.3 is 14.7 Å². The van der Waals surface area contributed by atoms with Crippen molar-refractivity contribution >= 4 is 39.6 Å². The lowest BCUT2D eigenvalue weighted by Crippen LogP contribution is -2.06. The van der Waals surface area contributed by atoms with Gasteiger partial charge in [-0.1, -0.05) is 0 Å². The SMILES string of the molecule is O=C(OO)c1cc(OO)c2c(c1)nc(-c1cc3cnc(Cl)nc3n1CC1CC1)n2O. The number of hydrogen-bond donors (Lipinski definition) is 3. The van der Waals surface area contributed by atoms with E-state index in [-0.39, 0.29) is 33.5 Å². The van der Waals surface area contributed by atoms with Crippen molar-refractivity contribution in [3.63, 3.8) is 0 Å². The summed E-state index contributed by atoms with van der Waals surface area (Å²) in [5.74, 6) is -0.710. The molecule has 3 heterocycles. The maximum atomic E-state index is 11.7. The molecule has 0 radical (unpaired) electrons. The maximum Gasteiger partial charge on any atom is 0.373 e. The number of carbonyl (C=O) groups excluding carboxylic acids is 1. The molecule has 12 heteroatoms. The second kappa shape index (κ2) is 6.83. The number of carbonyl (C=O) groups is 1. The molecule has 154 valence electrons. The molecule has 0 bridgehead atoms. The Hall–Kier alpha value is -3.41. The van der Waals surface area contributed by atoms with Gasteiger partial charge >= 0.3 is 5.97 Å². The van der Waals surface area contributed by atoms with E-state index in [1.54, 1.807) is 12.3 Å². The van der Waals surface area contributed by atoms with E-state index >= 15 is 0 Å². The van der Waals surface area contributed by atoms with Crippen LogP contribution in [0, 0.1) is 5.92 Å². The molecule has 5 rings (SSSR count). The quantitative estimate of drug-likeness (QED) is 0.187. The molecule has 0 amide bonds. The number of benzene rings is 1. The molecule has 1 fully saturated rings. The number of aromatic nitrogens is 5. The Morgan fingerprint density at radius 2 is 2.03 bits per heavy atom. The lowest BCUT2D eigenvalue weighted by molar-refractivity contribution is -0.182. The summed E-state index contributed by atoms with van der Waals surface area (Å²) in [4.78, 5) is 32.4. The molecule has 11 nitrogen and oxygen atoms in total. The summed E-state index contributed by atoms with van der Waals surface area (Å²) in [5, 5.41) is 29.5. The van der Waals surface area contributed by atoms with Crippen LogP contribution in [-0.2, 0) is 11.4 Å². The minimum atomic E-state index is -1.07.